The van der Waals surface area contributed by atoms with E-state index in [-0.39, 0.29) is 6.61 Å². The zero-order chi connectivity index (χ0) is 7.72. The van der Waals surface area contributed by atoms with Crippen molar-refractivity contribution in [2.24, 2.45) is 0 Å². The SMILES string of the molecule is C[C@@H]1OC(CO)[C@@H](F)[C@@H]1O. The zero-order valence-electron chi connectivity index (χ0n) is 5.70. The quantitative estimate of drug-likeness (QED) is 0.528. The molecule has 0 amide bonds. The van der Waals surface area contributed by atoms with Crippen molar-refractivity contribution < 1.29 is 19.3 Å². The predicted molar refractivity (Wildman–Crippen MR) is 32.3 cm³/mol. The van der Waals surface area contributed by atoms with Crippen molar-refractivity contribution in [3.05, 3.63) is 0 Å². The number of hydrogen-bond donors (Lipinski definition) is 2. The van der Waals surface area contributed by atoms with E-state index in [0.717, 1.165) is 0 Å². The Balaban J connectivity index is 2.53. The molecule has 1 fully saturated rings. The van der Waals surface area contributed by atoms with Crippen LogP contribution in [0, 0.1) is 0 Å². The van der Waals surface area contributed by atoms with Crippen molar-refractivity contribution in [2.45, 2.75) is 31.4 Å². The Morgan fingerprint density at radius 3 is 2.40 bits per heavy atom. The summed E-state index contributed by atoms with van der Waals surface area (Å²) in [6.07, 6.45) is -3.88. The Bertz CT molecular complexity index is 120. The first-order chi connectivity index (χ1) is 4.66. The van der Waals surface area contributed by atoms with Crippen LogP contribution in [-0.4, -0.2) is 41.3 Å². The molecule has 0 bridgehead atoms. The fourth-order valence-electron chi connectivity index (χ4n) is 1.05. The van der Waals surface area contributed by atoms with Gasteiger partial charge in [0.2, 0.25) is 0 Å². The third-order valence-electron chi connectivity index (χ3n) is 1.73. The van der Waals surface area contributed by atoms with Crippen molar-refractivity contribution >= 4 is 0 Å². The van der Waals surface area contributed by atoms with Gasteiger partial charge in [-0.1, -0.05) is 0 Å². The predicted octanol–water partition coefficient (Wildman–Crippen LogP) is -0.535. The van der Waals surface area contributed by atoms with Gasteiger partial charge in [0.1, 0.15) is 12.2 Å². The van der Waals surface area contributed by atoms with Gasteiger partial charge in [-0.3, -0.25) is 0 Å². The van der Waals surface area contributed by atoms with Gasteiger partial charge in [0.05, 0.1) is 12.7 Å². The van der Waals surface area contributed by atoms with Gasteiger partial charge in [0.25, 0.3) is 0 Å². The van der Waals surface area contributed by atoms with Crippen molar-refractivity contribution in [1.29, 1.82) is 0 Å². The average Bonchev–Trinajstić information content (AvgIpc) is 2.17. The largest absolute Gasteiger partial charge is 0.394 e. The smallest absolute Gasteiger partial charge is 0.157 e. The number of aliphatic hydroxyl groups excluding tert-OH is 2. The van der Waals surface area contributed by atoms with Crippen LogP contribution in [0.2, 0.25) is 0 Å². The number of ether oxygens (including phenoxy) is 1. The summed E-state index contributed by atoms with van der Waals surface area (Å²) in [7, 11) is 0. The van der Waals surface area contributed by atoms with Crippen molar-refractivity contribution in [2.75, 3.05) is 6.61 Å². The minimum absolute atomic E-state index is 0.372. The molecule has 60 valence electrons. The molecule has 1 aliphatic rings. The lowest BCUT2D eigenvalue weighted by Crippen LogP contribution is -2.29. The van der Waals surface area contributed by atoms with E-state index in [4.69, 9.17) is 14.9 Å². The molecule has 4 atom stereocenters. The molecule has 0 saturated carbocycles. The van der Waals surface area contributed by atoms with E-state index in [0.29, 0.717) is 0 Å². The second kappa shape index (κ2) is 2.82. The second-order valence-electron chi connectivity index (χ2n) is 2.50. The Morgan fingerprint density at radius 1 is 1.60 bits per heavy atom. The van der Waals surface area contributed by atoms with Gasteiger partial charge in [-0.2, -0.15) is 0 Å². The minimum Gasteiger partial charge on any atom is -0.394 e. The van der Waals surface area contributed by atoms with Crippen LogP contribution in [0.5, 0.6) is 0 Å². The van der Waals surface area contributed by atoms with E-state index in [2.05, 4.69) is 0 Å². The first kappa shape index (κ1) is 7.91. The van der Waals surface area contributed by atoms with Gasteiger partial charge in [-0.25, -0.2) is 4.39 Å². The summed E-state index contributed by atoms with van der Waals surface area (Å²) in [5.41, 5.74) is 0. The van der Waals surface area contributed by atoms with Crippen LogP contribution in [0.15, 0.2) is 0 Å². The Morgan fingerprint density at radius 2 is 2.20 bits per heavy atom. The van der Waals surface area contributed by atoms with Crippen LogP contribution < -0.4 is 0 Å². The Labute approximate surface area is 58.4 Å². The van der Waals surface area contributed by atoms with Crippen LogP contribution in [0.3, 0.4) is 0 Å². The van der Waals surface area contributed by atoms with E-state index in [1.165, 1.54) is 0 Å². The van der Waals surface area contributed by atoms with E-state index in [1.807, 2.05) is 0 Å². The summed E-state index contributed by atoms with van der Waals surface area (Å²) in [5.74, 6) is 0. The molecule has 0 aromatic heterocycles. The maximum atomic E-state index is 12.7. The molecule has 10 heavy (non-hydrogen) atoms. The number of halogens is 1. The van der Waals surface area contributed by atoms with Gasteiger partial charge < -0.3 is 14.9 Å². The summed E-state index contributed by atoms with van der Waals surface area (Å²) < 4.78 is 17.6. The molecule has 0 aromatic carbocycles. The Kier molecular flexibility index (Phi) is 2.23. The topological polar surface area (TPSA) is 49.7 Å². The summed E-state index contributed by atoms with van der Waals surface area (Å²) >= 11 is 0. The fourth-order valence-corrected chi connectivity index (χ4v) is 1.05. The molecule has 0 radical (unpaired) electrons. The zero-order valence-corrected chi connectivity index (χ0v) is 5.70. The van der Waals surface area contributed by atoms with Gasteiger partial charge in [0.15, 0.2) is 6.17 Å². The number of alkyl halides is 1. The maximum Gasteiger partial charge on any atom is 0.157 e. The lowest BCUT2D eigenvalue weighted by molar-refractivity contribution is -0.00429. The summed E-state index contributed by atoms with van der Waals surface area (Å²) in [4.78, 5) is 0. The minimum atomic E-state index is -1.44. The molecular formula is C6H11FO3. The number of hydrogen-bond acceptors (Lipinski definition) is 3. The lowest BCUT2D eigenvalue weighted by Gasteiger charge is -2.07. The van der Waals surface area contributed by atoms with Crippen LogP contribution >= 0.6 is 0 Å². The van der Waals surface area contributed by atoms with E-state index in [9.17, 15) is 4.39 Å². The molecule has 1 saturated heterocycles. The fraction of sp³-hybridized carbons (Fsp3) is 1.00. The maximum absolute atomic E-state index is 12.7. The molecule has 1 rings (SSSR count). The molecule has 1 heterocycles. The molecule has 4 heteroatoms. The number of aliphatic hydroxyl groups is 2. The standard InChI is InChI=1S/C6H11FO3/c1-3-6(9)5(7)4(2-8)10-3/h3-6,8-9H,2H2,1H3/t3-,4?,5+,6+/m0/s1. The first-order valence-electron chi connectivity index (χ1n) is 3.25. The van der Waals surface area contributed by atoms with Gasteiger partial charge in [0, 0.05) is 0 Å². The van der Waals surface area contributed by atoms with Gasteiger partial charge in [-0.15, -0.1) is 0 Å². The highest BCUT2D eigenvalue weighted by Crippen LogP contribution is 2.22. The van der Waals surface area contributed by atoms with Crippen LogP contribution in [0.4, 0.5) is 4.39 Å². The summed E-state index contributed by atoms with van der Waals surface area (Å²) in [5, 5.41) is 17.5. The van der Waals surface area contributed by atoms with Crippen molar-refractivity contribution in [1.82, 2.24) is 0 Å². The van der Waals surface area contributed by atoms with Crippen molar-refractivity contribution in [3.8, 4) is 0 Å². The van der Waals surface area contributed by atoms with Crippen LogP contribution in [-0.2, 0) is 4.74 Å². The highest BCUT2D eigenvalue weighted by atomic mass is 19.1. The second-order valence-corrected chi connectivity index (χ2v) is 2.50. The molecule has 1 aliphatic heterocycles. The number of rotatable bonds is 1. The summed E-state index contributed by atoms with van der Waals surface area (Å²) in [6.45, 7) is 1.20. The molecule has 1 unspecified atom stereocenters. The first-order valence-corrected chi connectivity index (χ1v) is 3.25. The van der Waals surface area contributed by atoms with Gasteiger partial charge in [-0.05, 0) is 6.92 Å². The highest BCUT2D eigenvalue weighted by Gasteiger charge is 2.41. The molecule has 0 aliphatic carbocycles. The molecule has 0 spiro atoms. The molecule has 3 nitrogen and oxygen atoms in total. The van der Waals surface area contributed by atoms with E-state index < -0.39 is 24.5 Å². The summed E-state index contributed by atoms with van der Waals surface area (Å²) in [6, 6.07) is 0. The van der Waals surface area contributed by atoms with E-state index >= 15 is 0 Å². The average molecular weight is 150 g/mol. The van der Waals surface area contributed by atoms with Crippen LogP contribution in [0.25, 0.3) is 0 Å². The highest BCUT2D eigenvalue weighted by molar-refractivity contribution is 4.88. The normalized spacial score (nSPS) is 48.0. The third-order valence-corrected chi connectivity index (χ3v) is 1.73. The lowest BCUT2D eigenvalue weighted by atomic mass is 10.1. The monoisotopic (exact) mass is 150 g/mol. The Hall–Kier alpha value is -0.190. The molecular weight excluding hydrogens is 139 g/mol. The molecule has 2 N–H and O–H groups in total. The van der Waals surface area contributed by atoms with Crippen LogP contribution in [0.1, 0.15) is 6.92 Å². The molecule has 0 aromatic rings. The van der Waals surface area contributed by atoms with Crippen molar-refractivity contribution in [3.63, 3.8) is 0 Å². The third kappa shape index (κ3) is 1.14. The van der Waals surface area contributed by atoms with E-state index in [1.54, 1.807) is 6.92 Å². The van der Waals surface area contributed by atoms with Gasteiger partial charge >= 0.3 is 0 Å².